The zero-order valence-corrected chi connectivity index (χ0v) is 20.9. The molecule has 3 heterocycles. The first kappa shape index (κ1) is 24.7. The Morgan fingerprint density at radius 3 is 2.60 bits per heavy atom. The molecule has 182 valence electrons. The number of pyridine rings is 1. The molecule has 1 unspecified atom stereocenters. The van der Waals surface area contributed by atoms with Crippen molar-refractivity contribution in [2.24, 2.45) is 4.99 Å². The monoisotopic (exact) mass is 494 g/mol. The number of aliphatic imine (C=N–C) groups is 1. The summed E-state index contributed by atoms with van der Waals surface area (Å²) in [5.41, 5.74) is 1.64. The van der Waals surface area contributed by atoms with E-state index in [9.17, 15) is 9.59 Å². The van der Waals surface area contributed by atoms with Gasteiger partial charge < -0.3 is 15.0 Å². The highest BCUT2D eigenvalue weighted by Crippen LogP contribution is 2.45. The minimum absolute atomic E-state index is 0.0322. The van der Waals surface area contributed by atoms with Gasteiger partial charge in [-0.15, -0.1) is 0 Å². The van der Waals surface area contributed by atoms with Crippen LogP contribution in [-0.4, -0.2) is 32.5 Å². The third kappa shape index (κ3) is 5.62. The average Bonchev–Trinajstić information content (AvgIpc) is 3.18. The van der Waals surface area contributed by atoms with Crippen molar-refractivity contribution in [2.45, 2.75) is 52.3 Å². The summed E-state index contributed by atoms with van der Waals surface area (Å²) in [4.78, 5) is 36.7. The van der Waals surface area contributed by atoms with E-state index in [1.165, 1.54) is 17.8 Å². The number of carbonyl (C=O) groups is 2. The topological polar surface area (TPSA) is 83.9 Å². The molecule has 1 amide bonds. The quantitative estimate of drug-likeness (QED) is 0.579. The third-order valence-corrected chi connectivity index (χ3v) is 6.24. The fourth-order valence-corrected chi connectivity index (χ4v) is 4.84. The number of rotatable bonds is 6. The normalized spacial score (nSPS) is 17.5. The first-order chi connectivity index (χ1) is 16.6. The lowest BCUT2D eigenvalue weighted by molar-refractivity contribution is -0.150. The van der Waals surface area contributed by atoms with Crippen molar-refractivity contribution >= 4 is 28.8 Å². The third-order valence-electron chi connectivity index (χ3n) is 5.35. The van der Waals surface area contributed by atoms with Crippen LogP contribution in [0.2, 0.25) is 0 Å². The molecule has 0 fully saturated rings. The molecule has 1 aromatic carbocycles. The number of halogens is 1. The van der Waals surface area contributed by atoms with E-state index in [0.717, 1.165) is 5.69 Å². The standard InChI is InChI=1S/C26H27FN4O3S/c1-16-22(24(33)34-26(2,3)4)23(19-10-5-6-11-20(19)27)31-18(15-35-25(31)30-16)13-21(32)29-14-17-9-7-8-12-28-17/h5-12,15,23H,13-14H2,1-4H3,(H,29,32). The molecular formula is C26H27FN4O3S. The van der Waals surface area contributed by atoms with E-state index in [4.69, 9.17) is 4.74 Å². The van der Waals surface area contributed by atoms with Crippen LogP contribution < -0.4 is 5.32 Å². The van der Waals surface area contributed by atoms with Crippen LogP contribution in [-0.2, 0) is 20.9 Å². The van der Waals surface area contributed by atoms with E-state index in [1.54, 1.807) is 57.0 Å². The Balaban J connectivity index is 1.64. The second-order valence-corrected chi connectivity index (χ2v) is 10.0. The van der Waals surface area contributed by atoms with Gasteiger partial charge in [-0.1, -0.05) is 36.0 Å². The van der Waals surface area contributed by atoms with Crippen LogP contribution in [0.1, 0.15) is 51.4 Å². The molecule has 0 radical (unpaired) electrons. The Kier molecular flexibility index (Phi) is 7.07. The molecule has 0 saturated carbocycles. The van der Waals surface area contributed by atoms with Gasteiger partial charge in [0, 0.05) is 17.5 Å². The fourth-order valence-electron chi connectivity index (χ4n) is 3.87. The van der Waals surface area contributed by atoms with Gasteiger partial charge in [-0.3, -0.25) is 9.78 Å². The molecule has 2 aliphatic rings. The van der Waals surface area contributed by atoms with E-state index in [2.05, 4.69) is 15.3 Å². The van der Waals surface area contributed by atoms with Crippen molar-refractivity contribution in [3.8, 4) is 0 Å². The number of esters is 1. The number of thioether (sulfide) groups is 1. The predicted molar refractivity (Wildman–Crippen MR) is 133 cm³/mol. The largest absolute Gasteiger partial charge is 0.456 e. The highest BCUT2D eigenvalue weighted by Gasteiger charge is 2.42. The van der Waals surface area contributed by atoms with Crippen LogP contribution in [0.4, 0.5) is 4.39 Å². The summed E-state index contributed by atoms with van der Waals surface area (Å²) in [5.74, 6) is -1.24. The van der Waals surface area contributed by atoms with Crippen LogP contribution in [0.15, 0.2) is 76.0 Å². The SMILES string of the molecule is CC1=C(C(=O)OC(C)(C)C)C(c2ccccc2F)N2C(CC(=O)NCc3ccccn3)=CSC2=N1. The molecule has 2 aliphatic heterocycles. The molecule has 4 rings (SSSR count). The van der Waals surface area contributed by atoms with Gasteiger partial charge in [0.15, 0.2) is 5.17 Å². The molecule has 1 atom stereocenters. The van der Waals surface area contributed by atoms with E-state index in [1.807, 2.05) is 23.6 Å². The number of aromatic nitrogens is 1. The molecule has 0 bridgehead atoms. The van der Waals surface area contributed by atoms with Gasteiger partial charge >= 0.3 is 5.97 Å². The zero-order valence-electron chi connectivity index (χ0n) is 20.0. The zero-order chi connectivity index (χ0) is 25.2. The number of ether oxygens (including phenoxy) is 1. The van der Waals surface area contributed by atoms with Gasteiger partial charge in [0.1, 0.15) is 11.4 Å². The number of carbonyl (C=O) groups excluding carboxylic acids is 2. The predicted octanol–water partition coefficient (Wildman–Crippen LogP) is 4.84. The summed E-state index contributed by atoms with van der Waals surface area (Å²) in [6.45, 7) is 7.34. The maximum atomic E-state index is 15.1. The molecule has 35 heavy (non-hydrogen) atoms. The van der Waals surface area contributed by atoms with Crippen molar-refractivity contribution in [1.82, 2.24) is 15.2 Å². The summed E-state index contributed by atoms with van der Waals surface area (Å²) in [7, 11) is 0. The van der Waals surface area contributed by atoms with Crippen molar-refractivity contribution in [3.63, 3.8) is 0 Å². The molecule has 1 aromatic heterocycles. The van der Waals surface area contributed by atoms with Gasteiger partial charge in [-0.25, -0.2) is 14.2 Å². The number of amides is 1. The average molecular weight is 495 g/mol. The first-order valence-corrected chi connectivity index (χ1v) is 12.1. The summed E-state index contributed by atoms with van der Waals surface area (Å²) in [5, 5.41) is 5.26. The maximum Gasteiger partial charge on any atom is 0.338 e. The molecule has 0 spiro atoms. The highest BCUT2D eigenvalue weighted by molar-refractivity contribution is 8.16. The second kappa shape index (κ2) is 10.0. The van der Waals surface area contributed by atoms with Crippen LogP contribution in [0.5, 0.6) is 0 Å². The maximum absolute atomic E-state index is 15.1. The van der Waals surface area contributed by atoms with Gasteiger partial charge in [0.05, 0.1) is 36.0 Å². The number of amidine groups is 1. The second-order valence-electron chi connectivity index (χ2n) is 9.19. The van der Waals surface area contributed by atoms with E-state index in [0.29, 0.717) is 28.7 Å². The lowest BCUT2D eigenvalue weighted by atomic mass is 9.93. The van der Waals surface area contributed by atoms with Crippen molar-refractivity contribution < 1.29 is 18.7 Å². The number of nitrogens with one attached hydrogen (secondary N) is 1. The number of allylic oxidation sites excluding steroid dienone is 1. The highest BCUT2D eigenvalue weighted by atomic mass is 32.2. The van der Waals surface area contributed by atoms with Crippen LogP contribution in [0.25, 0.3) is 0 Å². The Labute approximate surface area is 208 Å². The van der Waals surface area contributed by atoms with E-state index in [-0.39, 0.29) is 17.9 Å². The smallest absolute Gasteiger partial charge is 0.338 e. The lowest BCUT2D eigenvalue weighted by Crippen LogP contribution is -2.39. The van der Waals surface area contributed by atoms with Gasteiger partial charge in [-0.2, -0.15) is 0 Å². The minimum atomic E-state index is -0.816. The number of nitrogens with zero attached hydrogens (tertiary/aromatic N) is 3. The summed E-state index contributed by atoms with van der Waals surface area (Å²) >= 11 is 1.34. The van der Waals surface area contributed by atoms with Crippen molar-refractivity contribution in [1.29, 1.82) is 0 Å². The summed E-state index contributed by atoms with van der Waals surface area (Å²) in [6.07, 6.45) is 1.70. The first-order valence-electron chi connectivity index (χ1n) is 11.2. The van der Waals surface area contributed by atoms with Gasteiger partial charge in [0.25, 0.3) is 0 Å². The lowest BCUT2D eigenvalue weighted by Gasteiger charge is -2.37. The van der Waals surface area contributed by atoms with Crippen LogP contribution in [0, 0.1) is 5.82 Å². The molecule has 0 saturated heterocycles. The Bertz CT molecular complexity index is 1230. The van der Waals surface area contributed by atoms with Crippen molar-refractivity contribution in [3.05, 3.63) is 88.1 Å². The van der Waals surface area contributed by atoms with Crippen molar-refractivity contribution in [2.75, 3.05) is 0 Å². The Morgan fingerprint density at radius 2 is 1.91 bits per heavy atom. The molecule has 9 heteroatoms. The Morgan fingerprint density at radius 1 is 1.17 bits per heavy atom. The van der Waals surface area contributed by atoms with Crippen LogP contribution in [0.3, 0.4) is 0 Å². The number of hydrogen-bond donors (Lipinski definition) is 1. The van der Waals surface area contributed by atoms with Gasteiger partial charge in [0.2, 0.25) is 5.91 Å². The molecule has 7 nitrogen and oxygen atoms in total. The van der Waals surface area contributed by atoms with E-state index >= 15 is 4.39 Å². The van der Waals surface area contributed by atoms with E-state index < -0.39 is 23.4 Å². The summed E-state index contributed by atoms with van der Waals surface area (Å²) in [6, 6.07) is 11.0. The Hall–Kier alpha value is -3.46. The van der Waals surface area contributed by atoms with Crippen LogP contribution >= 0.6 is 11.8 Å². The molecule has 0 aliphatic carbocycles. The van der Waals surface area contributed by atoms with Gasteiger partial charge in [-0.05, 0) is 51.3 Å². The molecule has 1 N–H and O–H groups in total. The minimum Gasteiger partial charge on any atom is -0.456 e. The number of hydrogen-bond acceptors (Lipinski definition) is 7. The number of benzene rings is 1. The fraction of sp³-hybridized carbons (Fsp3) is 0.308. The number of fused-ring (bicyclic) bond motifs is 1. The summed E-state index contributed by atoms with van der Waals surface area (Å²) < 4.78 is 20.7. The molecular weight excluding hydrogens is 467 g/mol. The molecule has 2 aromatic rings.